The molecule has 1 unspecified atom stereocenters. The average Bonchev–Trinajstić information content (AvgIpc) is 3.94. The summed E-state index contributed by atoms with van der Waals surface area (Å²) in [5.74, 6) is -0.782. The monoisotopic (exact) mass is 788 g/mol. The lowest BCUT2D eigenvalue weighted by atomic mass is 10.0. The lowest BCUT2D eigenvalue weighted by Crippen LogP contribution is -2.38. The van der Waals surface area contributed by atoms with Crippen LogP contribution in [0.1, 0.15) is 46.9 Å². The maximum absolute atomic E-state index is 13.8. The van der Waals surface area contributed by atoms with Gasteiger partial charge in [0.2, 0.25) is 0 Å². The van der Waals surface area contributed by atoms with Crippen LogP contribution in [-0.4, -0.2) is 90.6 Å². The first kappa shape index (κ1) is 39.7. The van der Waals surface area contributed by atoms with Crippen molar-refractivity contribution in [3.8, 4) is 17.2 Å². The molecule has 2 fully saturated rings. The van der Waals surface area contributed by atoms with Crippen LogP contribution in [0.2, 0.25) is 10.0 Å². The number of pyridine rings is 1. The van der Waals surface area contributed by atoms with Crippen LogP contribution in [0.15, 0.2) is 48.8 Å². The summed E-state index contributed by atoms with van der Waals surface area (Å²) in [5, 5.41) is 21.4. The van der Waals surface area contributed by atoms with E-state index in [1.807, 2.05) is 0 Å². The highest BCUT2D eigenvalue weighted by atomic mass is 35.5. The predicted octanol–water partition coefficient (Wildman–Crippen LogP) is 4.85. The molecule has 2 atom stereocenters. The van der Waals surface area contributed by atoms with Gasteiger partial charge in [-0.05, 0) is 61.1 Å². The van der Waals surface area contributed by atoms with Gasteiger partial charge in [-0.1, -0.05) is 29.3 Å². The molecular weight excluding hydrogens is 751 g/mol. The standard InChI is InChI=1S/C34H39Cl2F2N3O10S/c35-26-19-40(44)20-27(36)25(26)18-30(23-5-7-29(51-34(37)38)32(16-23)49-21-22-2-3-22)50-33(43)24-4-6-28(31(17-24)48-15-12-42)41(52(45)46)9-1-8-39-10-13-47-14-11-39/h4-7,16-17,19-20,22,30,34,42H,1-3,8-15,18,21H2,(H,45,46)/p-1/t30-/m0/s1. The molecule has 0 amide bonds. The van der Waals surface area contributed by atoms with Crippen LogP contribution in [0.4, 0.5) is 14.5 Å². The molecule has 52 heavy (non-hydrogen) atoms. The van der Waals surface area contributed by atoms with Gasteiger partial charge in [-0.15, -0.1) is 0 Å². The second kappa shape index (κ2) is 19.0. The molecule has 2 aliphatic rings. The van der Waals surface area contributed by atoms with Crippen molar-refractivity contribution in [2.24, 2.45) is 5.92 Å². The Balaban J connectivity index is 1.43. The summed E-state index contributed by atoms with van der Waals surface area (Å²) in [6.07, 6.45) is 3.26. The predicted molar refractivity (Wildman–Crippen MR) is 186 cm³/mol. The third-order valence-corrected chi connectivity index (χ3v) is 9.75. The maximum atomic E-state index is 13.8. The summed E-state index contributed by atoms with van der Waals surface area (Å²) in [6, 6.07) is 8.20. The van der Waals surface area contributed by atoms with Gasteiger partial charge in [-0.3, -0.25) is 13.4 Å². The Hall–Kier alpha value is -3.51. The number of anilines is 1. The fourth-order valence-corrected chi connectivity index (χ4v) is 6.70. The van der Waals surface area contributed by atoms with E-state index in [4.69, 9.17) is 42.1 Å². The van der Waals surface area contributed by atoms with Crippen molar-refractivity contribution in [2.45, 2.75) is 38.4 Å². The number of aliphatic hydroxyl groups excluding tert-OH is 1. The molecule has 0 radical (unpaired) electrons. The summed E-state index contributed by atoms with van der Waals surface area (Å²) < 4.78 is 80.3. The van der Waals surface area contributed by atoms with E-state index in [9.17, 15) is 32.7 Å². The molecule has 1 aromatic heterocycles. The number of alkyl halides is 2. The molecule has 0 bridgehead atoms. The molecular formula is C34H38Cl2F2N3O10S-. The van der Waals surface area contributed by atoms with Crippen molar-refractivity contribution in [3.05, 3.63) is 80.7 Å². The highest BCUT2D eigenvalue weighted by Gasteiger charge is 2.27. The van der Waals surface area contributed by atoms with Crippen LogP contribution in [0.25, 0.3) is 0 Å². The van der Waals surface area contributed by atoms with Crippen LogP contribution in [0.3, 0.4) is 0 Å². The summed E-state index contributed by atoms with van der Waals surface area (Å²) in [5.41, 5.74) is 0.706. The molecule has 1 saturated heterocycles. The number of aromatic nitrogens is 1. The van der Waals surface area contributed by atoms with E-state index in [-0.39, 0.29) is 82.8 Å². The molecule has 1 aliphatic carbocycles. The van der Waals surface area contributed by atoms with Gasteiger partial charge in [0.15, 0.2) is 23.9 Å². The van der Waals surface area contributed by atoms with Gasteiger partial charge in [0.25, 0.3) is 0 Å². The maximum Gasteiger partial charge on any atom is 0.387 e. The molecule has 2 heterocycles. The van der Waals surface area contributed by atoms with Crippen LogP contribution in [0, 0.1) is 11.1 Å². The van der Waals surface area contributed by atoms with Crippen molar-refractivity contribution in [1.29, 1.82) is 0 Å². The zero-order chi connectivity index (χ0) is 37.2. The Bertz CT molecular complexity index is 1680. The van der Waals surface area contributed by atoms with Crippen molar-refractivity contribution in [2.75, 3.05) is 63.5 Å². The molecule has 3 aromatic rings. The molecule has 13 nitrogen and oxygen atoms in total. The second-order valence-electron chi connectivity index (χ2n) is 12.1. The molecule has 1 N–H and O–H groups in total. The van der Waals surface area contributed by atoms with Crippen LogP contribution in [0.5, 0.6) is 17.2 Å². The third-order valence-electron chi connectivity index (χ3n) is 8.36. The minimum absolute atomic E-state index is 0.00484. The summed E-state index contributed by atoms with van der Waals surface area (Å²) in [7, 11) is 0. The number of hydrogen-bond acceptors (Lipinski definition) is 11. The zero-order valence-electron chi connectivity index (χ0n) is 27.9. The number of morpholine rings is 1. The number of carbonyl (C=O) groups is 1. The van der Waals surface area contributed by atoms with E-state index >= 15 is 0 Å². The topological polar surface area (TPSA) is 157 Å². The molecule has 1 aliphatic heterocycles. The minimum Gasteiger partial charge on any atom is -0.755 e. The molecule has 5 rings (SSSR count). The fourth-order valence-electron chi connectivity index (χ4n) is 5.52. The lowest BCUT2D eigenvalue weighted by molar-refractivity contribution is -0.605. The second-order valence-corrected chi connectivity index (χ2v) is 13.8. The fraction of sp³-hybridized carbons (Fsp3) is 0.471. The summed E-state index contributed by atoms with van der Waals surface area (Å²) >= 11 is 10.0. The Morgan fingerprint density at radius 2 is 1.81 bits per heavy atom. The van der Waals surface area contributed by atoms with E-state index in [2.05, 4.69) is 9.64 Å². The number of benzene rings is 2. The normalized spacial score (nSPS) is 16.0. The molecule has 2 aromatic carbocycles. The van der Waals surface area contributed by atoms with Crippen LogP contribution >= 0.6 is 23.2 Å². The van der Waals surface area contributed by atoms with E-state index in [0.29, 0.717) is 36.5 Å². The number of nitrogens with zero attached hydrogens (tertiary/aromatic N) is 3. The van der Waals surface area contributed by atoms with Crippen LogP contribution in [-0.2, 0) is 27.2 Å². The zero-order valence-corrected chi connectivity index (χ0v) is 30.3. The SMILES string of the molecule is O=C(O[C@@H](Cc1c(Cl)c[n+]([O-])cc1Cl)c1ccc(OC(F)F)c(OCC2CC2)c1)c1ccc(N(CCCN2CCOCC2)S(=O)[O-])c(OCCO)c1. The Morgan fingerprint density at radius 1 is 1.08 bits per heavy atom. The molecule has 284 valence electrons. The molecule has 18 heteroatoms. The minimum atomic E-state index is -3.12. The van der Waals surface area contributed by atoms with Crippen molar-refractivity contribution < 1.29 is 55.9 Å². The van der Waals surface area contributed by atoms with Crippen LogP contribution < -0.4 is 23.2 Å². The van der Waals surface area contributed by atoms with Crippen molar-refractivity contribution in [3.63, 3.8) is 0 Å². The third kappa shape index (κ3) is 11.2. The lowest BCUT2D eigenvalue weighted by Gasteiger charge is -2.31. The quantitative estimate of drug-likeness (QED) is 0.0767. The first-order valence-corrected chi connectivity index (χ1v) is 18.3. The van der Waals surface area contributed by atoms with Gasteiger partial charge in [0.05, 0.1) is 37.7 Å². The number of halogens is 4. The average molecular weight is 790 g/mol. The van der Waals surface area contributed by atoms with Gasteiger partial charge >= 0.3 is 12.6 Å². The number of carbonyl (C=O) groups excluding carboxylic acids is 1. The molecule has 1 saturated carbocycles. The number of esters is 1. The van der Waals surface area contributed by atoms with E-state index in [1.165, 1.54) is 36.4 Å². The Morgan fingerprint density at radius 3 is 2.46 bits per heavy atom. The first-order chi connectivity index (χ1) is 25.0. The van der Waals surface area contributed by atoms with E-state index < -0.39 is 30.0 Å². The van der Waals surface area contributed by atoms with Crippen molar-refractivity contribution >= 4 is 46.1 Å². The van der Waals surface area contributed by atoms with E-state index in [1.54, 1.807) is 0 Å². The van der Waals surface area contributed by atoms with E-state index in [0.717, 1.165) is 42.6 Å². The van der Waals surface area contributed by atoms with Gasteiger partial charge in [0.1, 0.15) is 28.5 Å². The van der Waals surface area contributed by atoms with Gasteiger partial charge in [-0.2, -0.15) is 13.5 Å². The summed E-state index contributed by atoms with van der Waals surface area (Å²) in [6.45, 7) is 0.0367. The molecule has 0 spiro atoms. The smallest absolute Gasteiger partial charge is 0.387 e. The number of rotatable bonds is 19. The number of aliphatic hydroxyl groups is 1. The highest BCUT2D eigenvalue weighted by Crippen LogP contribution is 2.39. The Kier molecular flexibility index (Phi) is 14.5. The van der Waals surface area contributed by atoms with Gasteiger partial charge in [-0.25, -0.2) is 4.79 Å². The van der Waals surface area contributed by atoms with Gasteiger partial charge in [0, 0.05) is 49.4 Å². The number of ether oxygens (including phenoxy) is 5. The highest BCUT2D eigenvalue weighted by molar-refractivity contribution is 7.80. The largest absolute Gasteiger partial charge is 0.755 e. The summed E-state index contributed by atoms with van der Waals surface area (Å²) in [4.78, 5) is 16.0. The number of hydrogen-bond donors (Lipinski definition) is 1. The van der Waals surface area contributed by atoms with Gasteiger partial charge < -0.3 is 38.6 Å². The Labute approximate surface area is 311 Å². The first-order valence-electron chi connectivity index (χ1n) is 16.6. The van der Waals surface area contributed by atoms with Crippen molar-refractivity contribution in [1.82, 2.24) is 4.90 Å².